The molecule has 4 aromatic rings. The van der Waals surface area contributed by atoms with Crippen molar-refractivity contribution in [2.75, 3.05) is 18.5 Å². The van der Waals surface area contributed by atoms with E-state index in [-0.39, 0.29) is 18.9 Å². The second kappa shape index (κ2) is 9.76. The van der Waals surface area contributed by atoms with E-state index in [0.29, 0.717) is 17.2 Å². The van der Waals surface area contributed by atoms with Crippen molar-refractivity contribution in [1.29, 1.82) is 0 Å². The quantitative estimate of drug-likeness (QED) is 0.421. The molecule has 2 N–H and O–H groups in total. The van der Waals surface area contributed by atoms with Crippen molar-refractivity contribution < 1.29 is 24.2 Å². The number of rotatable bonds is 9. The van der Waals surface area contributed by atoms with Gasteiger partial charge in [0.1, 0.15) is 37.0 Å². The van der Waals surface area contributed by atoms with Crippen molar-refractivity contribution in [1.82, 2.24) is 9.78 Å². The lowest BCUT2D eigenvalue weighted by Gasteiger charge is -2.09. The minimum Gasteiger partial charge on any atom is -0.486 e. The molecular weight excluding hydrogens is 410 g/mol. The minimum absolute atomic E-state index is 0.0566. The number of anilines is 1. The van der Waals surface area contributed by atoms with Gasteiger partial charge in [0.15, 0.2) is 5.78 Å². The third kappa shape index (κ3) is 5.30. The zero-order valence-corrected chi connectivity index (χ0v) is 17.1. The van der Waals surface area contributed by atoms with E-state index < -0.39 is 12.5 Å². The molecular formula is C24H21N3O5. The standard InChI is InChI=1S/C24H21N3O5/c28-15-24(30)26-18-6-11-23-17(12-18)13-25-27(23)14-19(29)16-31-20-7-9-22(10-8-20)32-21-4-2-1-3-5-21/h1-13,28H,14-16H2,(H,26,30). The van der Waals surface area contributed by atoms with Crippen molar-refractivity contribution in [3.8, 4) is 17.2 Å². The first-order valence-electron chi connectivity index (χ1n) is 9.94. The zero-order chi connectivity index (χ0) is 22.3. The second-order valence-corrected chi connectivity index (χ2v) is 7.00. The molecule has 3 aromatic carbocycles. The van der Waals surface area contributed by atoms with E-state index in [1.807, 2.05) is 30.3 Å². The molecule has 0 bridgehead atoms. The van der Waals surface area contributed by atoms with E-state index >= 15 is 0 Å². The van der Waals surface area contributed by atoms with Crippen LogP contribution in [0, 0.1) is 0 Å². The molecule has 0 aliphatic carbocycles. The number of amides is 1. The number of Topliss-reactive ketones (excluding diaryl/α,β-unsaturated/α-hetero) is 1. The van der Waals surface area contributed by atoms with Crippen LogP contribution in [0.2, 0.25) is 0 Å². The predicted molar refractivity (Wildman–Crippen MR) is 119 cm³/mol. The summed E-state index contributed by atoms with van der Waals surface area (Å²) in [5, 5.41) is 16.4. The van der Waals surface area contributed by atoms with E-state index in [9.17, 15) is 9.59 Å². The van der Waals surface area contributed by atoms with Crippen molar-refractivity contribution >= 4 is 28.3 Å². The van der Waals surface area contributed by atoms with Crippen molar-refractivity contribution in [2.45, 2.75) is 6.54 Å². The normalized spacial score (nSPS) is 10.7. The van der Waals surface area contributed by atoms with Gasteiger partial charge in [-0.2, -0.15) is 5.10 Å². The van der Waals surface area contributed by atoms with Crippen LogP contribution in [0.3, 0.4) is 0 Å². The Morgan fingerprint density at radius 3 is 2.41 bits per heavy atom. The summed E-state index contributed by atoms with van der Waals surface area (Å²) < 4.78 is 12.9. The number of carbonyl (C=O) groups excluding carboxylic acids is 2. The number of aliphatic hydroxyl groups excluding tert-OH is 1. The van der Waals surface area contributed by atoms with Gasteiger partial charge in [-0.3, -0.25) is 14.3 Å². The van der Waals surface area contributed by atoms with Crippen molar-refractivity contribution in [2.24, 2.45) is 0 Å². The Hall–Kier alpha value is -4.17. The van der Waals surface area contributed by atoms with Crippen LogP contribution in [-0.2, 0) is 16.1 Å². The first kappa shape index (κ1) is 21.1. The molecule has 32 heavy (non-hydrogen) atoms. The van der Waals surface area contributed by atoms with Crippen molar-refractivity contribution in [3.05, 3.63) is 79.0 Å². The summed E-state index contributed by atoms with van der Waals surface area (Å²) in [7, 11) is 0. The summed E-state index contributed by atoms with van der Waals surface area (Å²) in [5.41, 5.74) is 1.30. The second-order valence-electron chi connectivity index (χ2n) is 7.00. The van der Waals surface area contributed by atoms with Crippen LogP contribution in [0.1, 0.15) is 0 Å². The number of para-hydroxylation sites is 1. The number of hydrogen-bond donors (Lipinski definition) is 2. The zero-order valence-electron chi connectivity index (χ0n) is 17.1. The average Bonchev–Trinajstić information content (AvgIpc) is 3.21. The maximum absolute atomic E-state index is 12.4. The van der Waals surface area contributed by atoms with Gasteiger partial charge in [-0.05, 0) is 54.6 Å². The molecule has 1 amide bonds. The van der Waals surface area contributed by atoms with Gasteiger partial charge in [-0.1, -0.05) is 18.2 Å². The molecule has 0 saturated heterocycles. The summed E-state index contributed by atoms with van der Waals surface area (Å²) in [5.74, 6) is 1.34. The maximum atomic E-state index is 12.4. The minimum atomic E-state index is -0.589. The number of carbonyl (C=O) groups is 2. The maximum Gasteiger partial charge on any atom is 0.250 e. The largest absolute Gasteiger partial charge is 0.486 e. The Kier molecular flexibility index (Phi) is 6.43. The van der Waals surface area contributed by atoms with Crippen LogP contribution < -0.4 is 14.8 Å². The first-order valence-corrected chi connectivity index (χ1v) is 9.94. The Morgan fingerprint density at radius 1 is 0.938 bits per heavy atom. The number of ketones is 1. The fraction of sp³-hybridized carbons (Fsp3) is 0.125. The highest BCUT2D eigenvalue weighted by atomic mass is 16.5. The van der Waals surface area contributed by atoms with Gasteiger partial charge in [-0.15, -0.1) is 0 Å². The van der Waals surface area contributed by atoms with E-state index in [4.69, 9.17) is 14.6 Å². The van der Waals surface area contributed by atoms with E-state index in [0.717, 1.165) is 16.7 Å². The number of hydrogen-bond acceptors (Lipinski definition) is 6. The number of nitrogens with zero attached hydrogens (tertiary/aromatic N) is 2. The predicted octanol–water partition coefficient (Wildman–Crippen LogP) is 3.41. The van der Waals surface area contributed by atoms with Gasteiger partial charge >= 0.3 is 0 Å². The Bertz CT molecular complexity index is 1220. The number of aliphatic hydroxyl groups is 1. The Morgan fingerprint density at radius 2 is 1.66 bits per heavy atom. The van der Waals surface area contributed by atoms with E-state index in [1.165, 1.54) is 0 Å². The number of ether oxygens (including phenoxy) is 2. The molecule has 0 spiro atoms. The number of nitrogens with one attached hydrogen (secondary N) is 1. The van der Waals surface area contributed by atoms with Crippen molar-refractivity contribution in [3.63, 3.8) is 0 Å². The molecule has 1 aromatic heterocycles. The van der Waals surface area contributed by atoms with Gasteiger partial charge in [0.25, 0.3) is 0 Å². The molecule has 0 unspecified atom stereocenters. The smallest absolute Gasteiger partial charge is 0.250 e. The Labute approximate surface area is 184 Å². The first-order chi connectivity index (χ1) is 15.6. The number of aromatic nitrogens is 2. The summed E-state index contributed by atoms with van der Waals surface area (Å²) in [6.45, 7) is -0.624. The van der Waals surface area contributed by atoms with Gasteiger partial charge in [0.05, 0.1) is 11.7 Å². The lowest BCUT2D eigenvalue weighted by atomic mass is 10.2. The third-order valence-corrected chi connectivity index (χ3v) is 4.60. The highest BCUT2D eigenvalue weighted by Gasteiger charge is 2.10. The summed E-state index contributed by atoms with van der Waals surface area (Å²) >= 11 is 0. The summed E-state index contributed by atoms with van der Waals surface area (Å²) in [6.07, 6.45) is 1.61. The molecule has 1 heterocycles. The molecule has 0 atom stereocenters. The van der Waals surface area contributed by atoms with Gasteiger partial charge < -0.3 is 19.9 Å². The molecule has 0 radical (unpaired) electrons. The lowest BCUT2D eigenvalue weighted by molar-refractivity contribution is -0.121. The lowest BCUT2D eigenvalue weighted by Crippen LogP contribution is -2.18. The number of benzene rings is 3. The molecule has 162 valence electrons. The summed E-state index contributed by atoms with van der Waals surface area (Å²) in [4.78, 5) is 23.7. The van der Waals surface area contributed by atoms with Crippen LogP contribution in [0.25, 0.3) is 10.9 Å². The number of fused-ring (bicyclic) bond motifs is 1. The van der Waals surface area contributed by atoms with Crippen LogP contribution in [0.5, 0.6) is 17.2 Å². The van der Waals surface area contributed by atoms with Gasteiger partial charge in [0.2, 0.25) is 5.91 Å². The van der Waals surface area contributed by atoms with Gasteiger partial charge in [0, 0.05) is 11.1 Å². The molecule has 0 aliphatic rings. The molecule has 4 rings (SSSR count). The third-order valence-electron chi connectivity index (χ3n) is 4.60. The highest BCUT2D eigenvalue weighted by Crippen LogP contribution is 2.23. The van der Waals surface area contributed by atoms with E-state index in [1.54, 1.807) is 53.3 Å². The fourth-order valence-electron chi connectivity index (χ4n) is 3.10. The fourth-order valence-corrected chi connectivity index (χ4v) is 3.10. The van der Waals surface area contributed by atoms with Crippen LogP contribution >= 0.6 is 0 Å². The highest BCUT2D eigenvalue weighted by molar-refractivity contribution is 5.94. The van der Waals surface area contributed by atoms with Gasteiger partial charge in [-0.25, -0.2) is 0 Å². The molecule has 8 nitrogen and oxygen atoms in total. The Balaban J connectivity index is 1.32. The van der Waals surface area contributed by atoms with E-state index in [2.05, 4.69) is 10.4 Å². The molecule has 0 fully saturated rings. The molecule has 0 aliphatic heterocycles. The summed E-state index contributed by atoms with van der Waals surface area (Å²) in [6, 6.07) is 21.7. The SMILES string of the molecule is O=C(COc1ccc(Oc2ccccc2)cc1)Cn1ncc2cc(NC(=O)CO)ccc21. The van der Waals surface area contributed by atoms with Crippen LogP contribution in [0.15, 0.2) is 79.0 Å². The molecule has 0 saturated carbocycles. The average molecular weight is 431 g/mol. The molecule has 8 heteroatoms. The van der Waals surface area contributed by atoms with Crippen LogP contribution in [0.4, 0.5) is 5.69 Å². The van der Waals surface area contributed by atoms with Crippen LogP contribution in [-0.4, -0.2) is 39.8 Å². The monoisotopic (exact) mass is 431 g/mol. The topological polar surface area (TPSA) is 103 Å².